The molecule has 2 heterocycles. The Kier molecular flexibility index (Phi) is 8.24. The molecular formula is C26H33N5O2S. The van der Waals surface area contributed by atoms with Gasteiger partial charge in [-0.05, 0) is 37.6 Å². The number of carbonyl (C=O) groups excluding carboxylic acids is 1. The highest BCUT2D eigenvalue weighted by atomic mass is 32.2. The summed E-state index contributed by atoms with van der Waals surface area (Å²) in [6, 6.07) is 18.2. The van der Waals surface area contributed by atoms with Crippen LogP contribution in [0.3, 0.4) is 0 Å². The number of amides is 1. The fourth-order valence-electron chi connectivity index (χ4n) is 4.24. The quantitative estimate of drug-likeness (QED) is 0.435. The van der Waals surface area contributed by atoms with E-state index in [-0.39, 0.29) is 11.2 Å². The van der Waals surface area contributed by atoms with E-state index in [9.17, 15) is 4.79 Å². The molecule has 2 aromatic carbocycles. The molecule has 0 aliphatic carbocycles. The zero-order valence-corrected chi connectivity index (χ0v) is 21.0. The lowest BCUT2D eigenvalue weighted by Crippen LogP contribution is -2.50. The Bertz CT molecular complexity index is 1080. The number of benzene rings is 2. The molecule has 1 aliphatic heterocycles. The lowest BCUT2D eigenvalue weighted by atomic mass is 10.1. The fourth-order valence-corrected chi connectivity index (χ4v) is 5.20. The molecule has 0 saturated carbocycles. The van der Waals surface area contributed by atoms with Gasteiger partial charge in [0.1, 0.15) is 5.75 Å². The van der Waals surface area contributed by atoms with Crippen molar-refractivity contribution in [1.82, 2.24) is 24.6 Å². The van der Waals surface area contributed by atoms with E-state index < -0.39 is 0 Å². The lowest BCUT2D eigenvalue weighted by molar-refractivity contribution is -0.132. The molecule has 34 heavy (non-hydrogen) atoms. The SMILES string of the molecule is CCN1CCN(C(=O)C(C)Sc2nnc(-c3ccccc3OC)n2CCc2ccccc2)CC1. The van der Waals surface area contributed by atoms with Gasteiger partial charge in [0.2, 0.25) is 5.91 Å². The van der Waals surface area contributed by atoms with Crippen LogP contribution in [0.4, 0.5) is 0 Å². The number of piperazine rings is 1. The van der Waals surface area contributed by atoms with Crippen molar-refractivity contribution in [3.63, 3.8) is 0 Å². The highest BCUT2D eigenvalue weighted by molar-refractivity contribution is 8.00. The van der Waals surface area contributed by atoms with Crippen LogP contribution >= 0.6 is 11.8 Å². The summed E-state index contributed by atoms with van der Waals surface area (Å²) < 4.78 is 7.71. The van der Waals surface area contributed by atoms with E-state index in [1.807, 2.05) is 42.2 Å². The van der Waals surface area contributed by atoms with Crippen LogP contribution in [-0.2, 0) is 17.8 Å². The molecule has 0 radical (unpaired) electrons. The minimum absolute atomic E-state index is 0.164. The molecule has 0 N–H and O–H groups in total. The van der Waals surface area contributed by atoms with E-state index in [4.69, 9.17) is 4.74 Å². The number of hydrogen-bond acceptors (Lipinski definition) is 6. The number of aromatic nitrogens is 3. The summed E-state index contributed by atoms with van der Waals surface area (Å²) in [5, 5.41) is 9.57. The second-order valence-corrected chi connectivity index (χ2v) is 9.72. The molecule has 1 saturated heterocycles. The molecule has 8 heteroatoms. The first kappa shape index (κ1) is 24.3. The van der Waals surface area contributed by atoms with Gasteiger partial charge in [0.25, 0.3) is 0 Å². The Morgan fingerprint density at radius 1 is 1.03 bits per heavy atom. The maximum Gasteiger partial charge on any atom is 0.235 e. The first-order valence-electron chi connectivity index (χ1n) is 11.9. The van der Waals surface area contributed by atoms with E-state index >= 15 is 0 Å². The van der Waals surface area contributed by atoms with Crippen molar-refractivity contribution in [3.05, 3.63) is 60.2 Å². The Morgan fingerprint density at radius 3 is 2.44 bits per heavy atom. The Labute approximate surface area is 206 Å². The van der Waals surface area contributed by atoms with Gasteiger partial charge in [0, 0.05) is 32.7 Å². The molecule has 1 fully saturated rings. The summed E-state index contributed by atoms with van der Waals surface area (Å²) in [7, 11) is 1.66. The molecule has 3 aromatic rings. The van der Waals surface area contributed by atoms with E-state index in [0.29, 0.717) is 6.54 Å². The highest BCUT2D eigenvalue weighted by Crippen LogP contribution is 2.32. The Morgan fingerprint density at radius 2 is 1.74 bits per heavy atom. The lowest BCUT2D eigenvalue weighted by Gasteiger charge is -2.35. The van der Waals surface area contributed by atoms with Gasteiger partial charge < -0.3 is 19.1 Å². The maximum absolute atomic E-state index is 13.2. The van der Waals surface area contributed by atoms with Crippen molar-refractivity contribution in [2.75, 3.05) is 39.8 Å². The number of aryl methyl sites for hydroxylation is 1. The number of rotatable bonds is 9. The number of nitrogens with zero attached hydrogens (tertiary/aromatic N) is 5. The van der Waals surface area contributed by atoms with Crippen LogP contribution < -0.4 is 4.74 Å². The van der Waals surface area contributed by atoms with Crippen LogP contribution in [-0.4, -0.2) is 75.6 Å². The molecule has 0 bridgehead atoms. The number of hydrogen-bond donors (Lipinski definition) is 0. The van der Waals surface area contributed by atoms with Gasteiger partial charge in [-0.15, -0.1) is 10.2 Å². The molecule has 1 atom stereocenters. The summed E-state index contributed by atoms with van der Waals surface area (Å²) in [4.78, 5) is 17.5. The number of methoxy groups -OCH3 is 1. The van der Waals surface area contributed by atoms with Crippen molar-refractivity contribution in [1.29, 1.82) is 0 Å². The van der Waals surface area contributed by atoms with E-state index in [0.717, 1.165) is 61.4 Å². The standard InChI is InChI=1S/C26H33N5O2S/c1-4-29-16-18-30(19-17-29)25(32)20(2)34-26-28-27-24(22-12-8-9-13-23(22)33-3)31(26)15-14-21-10-6-5-7-11-21/h5-13,20H,4,14-19H2,1-3H3. The van der Waals surface area contributed by atoms with Crippen LogP contribution in [0.25, 0.3) is 11.4 Å². The van der Waals surface area contributed by atoms with Gasteiger partial charge in [-0.3, -0.25) is 4.79 Å². The third-order valence-corrected chi connectivity index (χ3v) is 7.36. The second kappa shape index (κ2) is 11.5. The molecule has 1 aromatic heterocycles. The first-order valence-corrected chi connectivity index (χ1v) is 12.8. The van der Waals surface area contributed by atoms with Crippen molar-refractivity contribution >= 4 is 17.7 Å². The Balaban J connectivity index is 1.56. The highest BCUT2D eigenvalue weighted by Gasteiger charge is 2.27. The van der Waals surface area contributed by atoms with Gasteiger partial charge in [0.05, 0.1) is 17.9 Å². The molecule has 180 valence electrons. The molecule has 1 amide bonds. The largest absolute Gasteiger partial charge is 0.496 e. The average molecular weight is 480 g/mol. The van der Waals surface area contributed by atoms with Crippen molar-refractivity contribution in [3.8, 4) is 17.1 Å². The van der Waals surface area contributed by atoms with Crippen LogP contribution in [0.1, 0.15) is 19.4 Å². The smallest absolute Gasteiger partial charge is 0.235 e. The van der Waals surface area contributed by atoms with Crippen LogP contribution in [0.15, 0.2) is 59.8 Å². The predicted molar refractivity (Wildman–Crippen MR) is 136 cm³/mol. The normalized spacial score (nSPS) is 15.3. The summed E-state index contributed by atoms with van der Waals surface area (Å²) >= 11 is 1.49. The minimum atomic E-state index is -0.238. The zero-order valence-electron chi connectivity index (χ0n) is 20.2. The maximum atomic E-state index is 13.2. The molecule has 4 rings (SSSR count). The third kappa shape index (κ3) is 5.62. The first-order chi connectivity index (χ1) is 16.6. The summed E-state index contributed by atoms with van der Waals surface area (Å²) in [5.41, 5.74) is 2.14. The second-order valence-electron chi connectivity index (χ2n) is 8.41. The molecule has 1 aliphatic rings. The third-order valence-electron chi connectivity index (χ3n) is 6.29. The molecule has 1 unspecified atom stereocenters. The molecule has 0 spiro atoms. The van der Waals surface area contributed by atoms with E-state index in [1.165, 1.54) is 17.3 Å². The van der Waals surface area contributed by atoms with Crippen molar-refractivity contribution in [2.24, 2.45) is 0 Å². The van der Waals surface area contributed by atoms with Crippen molar-refractivity contribution in [2.45, 2.75) is 37.2 Å². The van der Waals surface area contributed by atoms with Crippen molar-refractivity contribution < 1.29 is 9.53 Å². The van der Waals surface area contributed by atoms with Crippen LogP contribution in [0, 0.1) is 0 Å². The number of thioether (sulfide) groups is 1. The van der Waals surface area contributed by atoms with Crippen LogP contribution in [0.2, 0.25) is 0 Å². The van der Waals surface area contributed by atoms with Gasteiger partial charge in [0.15, 0.2) is 11.0 Å². The fraction of sp³-hybridized carbons (Fsp3) is 0.423. The summed E-state index contributed by atoms with van der Waals surface area (Å²) in [5.74, 6) is 1.68. The number of likely N-dealkylation sites (N-methyl/N-ethyl adjacent to an activating group) is 1. The monoisotopic (exact) mass is 479 g/mol. The van der Waals surface area contributed by atoms with E-state index in [1.54, 1.807) is 7.11 Å². The average Bonchev–Trinajstić information content (AvgIpc) is 3.29. The van der Waals surface area contributed by atoms with E-state index in [2.05, 4.69) is 50.9 Å². The Hall–Kier alpha value is -2.84. The topological polar surface area (TPSA) is 63.5 Å². The zero-order chi connectivity index (χ0) is 23.9. The van der Waals surface area contributed by atoms with Crippen LogP contribution in [0.5, 0.6) is 5.75 Å². The number of carbonyl (C=O) groups is 1. The molecule has 7 nitrogen and oxygen atoms in total. The molecular weight excluding hydrogens is 446 g/mol. The predicted octanol–water partition coefficient (Wildman–Crippen LogP) is 3.84. The summed E-state index contributed by atoms with van der Waals surface area (Å²) in [6.45, 7) is 9.31. The van der Waals surface area contributed by atoms with Gasteiger partial charge in [-0.25, -0.2) is 0 Å². The van der Waals surface area contributed by atoms with Gasteiger partial charge >= 0.3 is 0 Å². The summed E-state index contributed by atoms with van der Waals surface area (Å²) in [6.07, 6.45) is 0.843. The number of ether oxygens (including phenoxy) is 1. The minimum Gasteiger partial charge on any atom is -0.496 e. The van der Waals surface area contributed by atoms with Gasteiger partial charge in [-0.1, -0.05) is 61.2 Å². The number of para-hydroxylation sites is 1. The van der Waals surface area contributed by atoms with Gasteiger partial charge in [-0.2, -0.15) is 0 Å².